The average Bonchev–Trinajstić information content (AvgIpc) is 2.38. The quantitative estimate of drug-likeness (QED) is 0.808. The molecule has 0 aromatic heterocycles. The van der Waals surface area contributed by atoms with E-state index in [1.54, 1.807) is 0 Å². The molecular weight excluding hydrogens is 304 g/mol. The summed E-state index contributed by atoms with van der Waals surface area (Å²) in [5.41, 5.74) is -0.521. The third kappa shape index (κ3) is 3.25. The number of carbonyl (C=O) groups is 1. The topological polar surface area (TPSA) is 75.3 Å². The molecule has 1 aromatic rings. The number of hydrogen-bond donors (Lipinski definition) is 2. The van der Waals surface area contributed by atoms with Gasteiger partial charge in [0, 0.05) is 0 Å². The smallest absolute Gasteiger partial charge is 0.319 e. The van der Waals surface area contributed by atoms with E-state index < -0.39 is 38.9 Å². The van der Waals surface area contributed by atoms with Gasteiger partial charge >= 0.3 is 18.3 Å². The maximum atomic E-state index is 12.8. The van der Waals surface area contributed by atoms with Crippen molar-refractivity contribution in [2.24, 2.45) is 0 Å². The molecule has 20 heavy (non-hydrogen) atoms. The minimum Gasteiger partial charge on any atom is -0.319 e. The fourth-order valence-electron chi connectivity index (χ4n) is 1.22. The lowest BCUT2D eigenvalue weighted by Gasteiger charge is -2.16. The van der Waals surface area contributed by atoms with Crippen molar-refractivity contribution in [2.45, 2.75) is 17.2 Å². The molecule has 0 spiro atoms. The van der Waals surface area contributed by atoms with Gasteiger partial charge in [-0.05, 0) is 19.2 Å². The van der Waals surface area contributed by atoms with E-state index in [-0.39, 0.29) is 0 Å². The van der Waals surface area contributed by atoms with Crippen LogP contribution in [0.1, 0.15) is 0 Å². The molecule has 10 heteroatoms. The van der Waals surface area contributed by atoms with Crippen molar-refractivity contribution in [2.75, 3.05) is 12.4 Å². The van der Waals surface area contributed by atoms with Gasteiger partial charge in [-0.3, -0.25) is 4.79 Å². The molecule has 112 valence electrons. The van der Waals surface area contributed by atoms with E-state index in [1.165, 1.54) is 17.4 Å². The highest BCUT2D eigenvalue weighted by molar-refractivity contribution is 7.89. The second-order valence-corrected chi connectivity index (χ2v) is 5.44. The second-order valence-electron chi connectivity index (χ2n) is 3.58. The zero-order valence-corrected chi connectivity index (χ0v) is 10.8. The SMILES string of the molecule is CNS(=O)(=O)c1ccccc1NC(=O)C(F)(F)C(F)F. The number of hydrogen-bond acceptors (Lipinski definition) is 3. The molecule has 0 saturated carbocycles. The maximum absolute atomic E-state index is 12.8. The first kappa shape index (κ1) is 16.4. The molecule has 0 saturated heterocycles. The summed E-state index contributed by atoms with van der Waals surface area (Å²) in [4.78, 5) is 10.6. The first-order valence-corrected chi connectivity index (χ1v) is 6.61. The summed E-state index contributed by atoms with van der Waals surface area (Å²) in [6.07, 6.45) is -4.20. The average molecular weight is 314 g/mol. The molecule has 1 rings (SSSR count). The third-order valence-corrected chi connectivity index (χ3v) is 3.74. The monoisotopic (exact) mass is 314 g/mol. The van der Waals surface area contributed by atoms with Crippen LogP contribution in [-0.2, 0) is 14.8 Å². The van der Waals surface area contributed by atoms with Gasteiger partial charge in [-0.1, -0.05) is 12.1 Å². The molecular formula is C10H10F4N2O3S. The summed E-state index contributed by atoms with van der Waals surface area (Å²) in [5.74, 6) is -7.21. The molecule has 0 aliphatic rings. The Morgan fingerprint density at radius 2 is 1.80 bits per heavy atom. The number of amides is 1. The van der Waals surface area contributed by atoms with Crippen LogP contribution < -0.4 is 10.0 Å². The lowest BCUT2D eigenvalue weighted by atomic mass is 10.2. The summed E-state index contributed by atoms with van der Waals surface area (Å²) in [6, 6.07) is 4.57. The van der Waals surface area contributed by atoms with Crippen LogP contribution in [0.2, 0.25) is 0 Å². The fraction of sp³-hybridized carbons (Fsp3) is 0.300. The molecule has 1 amide bonds. The normalized spacial score (nSPS) is 12.5. The summed E-state index contributed by atoms with van der Waals surface area (Å²) in [5, 5.41) is 1.48. The van der Waals surface area contributed by atoms with Crippen molar-refractivity contribution in [1.82, 2.24) is 4.72 Å². The highest BCUT2D eigenvalue weighted by atomic mass is 32.2. The number of para-hydroxylation sites is 1. The molecule has 1 aromatic carbocycles. The first-order valence-electron chi connectivity index (χ1n) is 5.13. The molecule has 0 fully saturated rings. The molecule has 0 atom stereocenters. The summed E-state index contributed by atoms with van der Waals surface area (Å²) in [7, 11) is -2.97. The number of anilines is 1. The van der Waals surface area contributed by atoms with Gasteiger partial charge in [0.1, 0.15) is 4.90 Å². The first-order chi connectivity index (χ1) is 9.13. The predicted molar refractivity (Wildman–Crippen MR) is 62.3 cm³/mol. The number of rotatable bonds is 5. The Kier molecular flexibility index (Phi) is 4.71. The van der Waals surface area contributed by atoms with Crippen molar-refractivity contribution in [1.29, 1.82) is 0 Å². The highest BCUT2D eigenvalue weighted by Crippen LogP contribution is 2.27. The van der Waals surface area contributed by atoms with E-state index in [4.69, 9.17) is 0 Å². The van der Waals surface area contributed by atoms with Gasteiger partial charge in [0.25, 0.3) is 0 Å². The molecule has 0 heterocycles. The lowest BCUT2D eigenvalue weighted by Crippen LogP contribution is -2.41. The summed E-state index contributed by atoms with van der Waals surface area (Å²) in [6.45, 7) is 0. The Morgan fingerprint density at radius 1 is 1.25 bits per heavy atom. The van der Waals surface area contributed by atoms with Crippen molar-refractivity contribution >= 4 is 21.6 Å². The lowest BCUT2D eigenvalue weighted by molar-refractivity contribution is -0.163. The standard InChI is InChI=1S/C10H10F4N2O3S/c1-15-20(18,19)7-5-3-2-4-6(7)16-9(17)10(13,14)8(11)12/h2-5,8,15H,1H3,(H,16,17). The van der Waals surface area contributed by atoms with Crippen molar-refractivity contribution < 1.29 is 30.8 Å². The number of nitrogens with one attached hydrogen (secondary N) is 2. The van der Waals surface area contributed by atoms with Crippen LogP contribution in [0.4, 0.5) is 23.2 Å². The number of sulfonamides is 1. The molecule has 0 radical (unpaired) electrons. The van der Waals surface area contributed by atoms with E-state index in [2.05, 4.69) is 0 Å². The van der Waals surface area contributed by atoms with E-state index in [9.17, 15) is 30.8 Å². The van der Waals surface area contributed by atoms with Gasteiger partial charge in [0.05, 0.1) is 5.69 Å². The van der Waals surface area contributed by atoms with Crippen molar-refractivity contribution in [3.63, 3.8) is 0 Å². The molecule has 2 N–H and O–H groups in total. The van der Waals surface area contributed by atoms with Crippen molar-refractivity contribution in [3.05, 3.63) is 24.3 Å². The Hall–Kier alpha value is -1.68. The Labute approximate surface area is 112 Å². The minimum absolute atomic E-state index is 0.513. The molecule has 0 aliphatic carbocycles. The van der Waals surface area contributed by atoms with E-state index in [1.807, 2.05) is 4.72 Å². The van der Waals surface area contributed by atoms with Gasteiger partial charge in [-0.2, -0.15) is 8.78 Å². The Morgan fingerprint density at radius 3 is 2.30 bits per heavy atom. The van der Waals surface area contributed by atoms with E-state index >= 15 is 0 Å². The van der Waals surface area contributed by atoms with Crippen LogP contribution in [0.3, 0.4) is 0 Å². The zero-order chi connectivity index (χ0) is 15.6. The van der Waals surface area contributed by atoms with Gasteiger partial charge in [0.2, 0.25) is 10.0 Å². The second kappa shape index (κ2) is 5.75. The number of carbonyl (C=O) groups excluding carboxylic acids is 1. The molecule has 0 unspecified atom stereocenters. The Balaban J connectivity index is 3.15. The van der Waals surface area contributed by atoms with E-state index in [0.29, 0.717) is 0 Å². The van der Waals surface area contributed by atoms with Crippen LogP contribution >= 0.6 is 0 Å². The van der Waals surface area contributed by atoms with Gasteiger partial charge in [0.15, 0.2) is 0 Å². The number of alkyl halides is 4. The van der Waals surface area contributed by atoms with Gasteiger partial charge in [-0.15, -0.1) is 0 Å². The molecule has 0 aliphatic heterocycles. The van der Waals surface area contributed by atoms with Crippen LogP contribution in [0.25, 0.3) is 0 Å². The fourth-order valence-corrected chi connectivity index (χ4v) is 2.11. The van der Waals surface area contributed by atoms with E-state index in [0.717, 1.165) is 19.2 Å². The number of halogens is 4. The largest absolute Gasteiger partial charge is 0.383 e. The minimum atomic E-state index is -4.92. The highest BCUT2D eigenvalue weighted by Gasteiger charge is 2.49. The van der Waals surface area contributed by atoms with Gasteiger partial charge < -0.3 is 5.32 Å². The summed E-state index contributed by atoms with van der Waals surface area (Å²) < 4.78 is 74.8. The van der Waals surface area contributed by atoms with Gasteiger partial charge in [-0.25, -0.2) is 21.9 Å². The maximum Gasteiger partial charge on any atom is 0.383 e. The molecule has 5 nitrogen and oxygen atoms in total. The third-order valence-electron chi connectivity index (χ3n) is 2.27. The van der Waals surface area contributed by atoms with Crippen LogP contribution in [-0.4, -0.2) is 33.7 Å². The molecule has 0 bridgehead atoms. The summed E-state index contributed by atoms with van der Waals surface area (Å²) >= 11 is 0. The Bertz CT molecular complexity index is 604. The van der Waals surface area contributed by atoms with Crippen LogP contribution in [0.15, 0.2) is 29.2 Å². The van der Waals surface area contributed by atoms with Crippen LogP contribution in [0, 0.1) is 0 Å². The predicted octanol–water partition coefficient (Wildman–Crippen LogP) is 1.43. The zero-order valence-electron chi connectivity index (χ0n) is 10.0. The van der Waals surface area contributed by atoms with Crippen molar-refractivity contribution in [3.8, 4) is 0 Å². The number of benzene rings is 1. The van der Waals surface area contributed by atoms with Crippen LogP contribution in [0.5, 0.6) is 0 Å².